The van der Waals surface area contributed by atoms with E-state index in [0.717, 1.165) is 36.9 Å². The number of aromatic nitrogens is 1. The quantitative estimate of drug-likeness (QED) is 0.343. The molecule has 0 aliphatic heterocycles. The molecule has 206 valence electrons. The largest absolute Gasteiger partial charge is 0.481 e. The zero-order chi connectivity index (χ0) is 27.5. The molecule has 0 saturated heterocycles. The number of carbonyl (C=O) groups is 4. The fraction of sp³-hybridized carbons (Fsp3) is 0.517. The molecule has 2 aromatic rings. The van der Waals surface area contributed by atoms with E-state index in [1.165, 1.54) is 0 Å². The van der Waals surface area contributed by atoms with Crippen molar-refractivity contribution in [3.05, 3.63) is 53.9 Å². The number of hydrogen-bond acceptors (Lipinski definition) is 4. The maximum absolute atomic E-state index is 13.1. The fourth-order valence-corrected chi connectivity index (χ4v) is 4.98. The first-order valence-electron chi connectivity index (χ1n) is 13.6. The monoisotopic (exact) mass is 524 g/mol. The van der Waals surface area contributed by atoms with Crippen LogP contribution >= 0.6 is 0 Å². The molecule has 1 aliphatic rings. The van der Waals surface area contributed by atoms with Crippen molar-refractivity contribution in [1.82, 2.24) is 15.2 Å². The van der Waals surface area contributed by atoms with Gasteiger partial charge in [-0.05, 0) is 82.2 Å². The minimum atomic E-state index is -0.791. The number of hydrogen-bond donors (Lipinski definition) is 3. The van der Waals surface area contributed by atoms with Crippen molar-refractivity contribution >= 4 is 29.4 Å². The molecule has 3 amide bonds. The van der Waals surface area contributed by atoms with Crippen LogP contribution in [0.5, 0.6) is 0 Å². The Morgan fingerprint density at radius 3 is 2.47 bits per heavy atom. The van der Waals surface area contributed by atoms with Crippen molar-refractivity contribution in [3.8, 4) is 0 Å². The zero-order valence-corrected chi connectivity index (χ0v) is 22.4. The summed E-state index contributed by atoms with van der Waals surface area (Å²) in [5, 5.41) is 14.7. The van der Waals surface area contributed by atoms with Crippen LogP contribution in [-0.4, -0.2) is 52.5 Å². The number of aryl methyl sites for hydroxylation is 1. The highest BCUT2D eigenvalue weighted by molar-refractivity contribution is 5.96. The number of likely N-dealkylation sites (N-methyl/N-ethyl adjacent to an activating group) is 1. The Labute approximate surface area is 224 Å². The number of carboxylic acids is 1. The summed E-state index contributed by atoms with van der Waals surface area (Å²) in [7, 11) is 0. The molecule has 3 N–H and O–H groups in total. The summed E-state index contributed by atoms with van der Waals surface area (Å²) < 4.78 is 1.69. The molecular weight excluding hydrogens is 484 g/mol. The van der Waals surface area contributed by atoms with E-state index in [-0.39, 0.29) is 42.6 Å². The van der Waals surface area contributed by atoms with Crippen LogP contribution in [0.25, 0.3) is 0 Å². The van der Waals surface area contributed by atoms with Gasteiger partial charge in [-0.1, -0.05) is 18.6 Å². The fourth-order valence-electron chi connectivity index (χ4n) is 4.98. The van der Waals surface area contributed by atoms with Crippen molar-refractivity contribution in [1.29, 1.82) is 0 Å². The van der Waals surface area contributed by atoms with Crippen molar-refractivity contribution in [2.45, 2.75) is 77.8 Å². The second-order valence-corrected chi connectivity index (χ2v) is 10.0. The highest BCUT2D eigenvalue weighted by Gasteiger charge is 2.28. The third-order valence-corrected chi connectivity index (χ3v) is 7.10. The molecule has 1 heterocycles. The normalized spacial score (nSPS) is 17.0. The second kappa shape index (κ2) is 14.4. The van der Waals surface area contributed by atoms with Crippen molar-refractivity contribution < 1.29 is 24.3 Å². The lowest BCUT2D eigenvalue weighted by atomic mass is 9.85. The highest BCUT2D eigenvalue weighted by atomic mass is 16.4. The summed E-state index contributed by atoms with van der Waals surface area (Å²) in [5.74, 6) is -1.12. The Kier molecular flexibility index (Phi) is 10.9. The van der Waals surface area contributed by atoms with Gasteiger partial charge in [-0.15, -0.1) is 0 Å². The molecule has 1 fully saturated rings. The van der Waals surface area contributed by atoms with Crippen molar-refractivity contribution in [3.63, 3.8) is 0 Å². The zero-order valence-electron chi connectivity index (χ0n) is 22.4. The minimum absolute atomic E-state index is 0.0129. The summed E-state index contributed by atoms with van der Waals surface area (Å²) in [6, 6.07) is 11.3. The first kappa shape index (κ1) is 28.9. The Balaban J connectivity index is 1.45. The molecule has 0 bridgehead atoms. The highest BCUT2D eigenvalue weighted by Crippen LogP contribution is 2.25. The Bertz CT molecular complexity index is 1100. The summed E-state index contributed by atoms with van der Waals surface area (Å²) in [6.45, 7) is 5.09. The van der Waals surface area contributed by atoms with Crippen LogP contribution in [0.15, 0.2) is 42.6 Å². The van der Waals surface area contributed by atoms with E-state index in [4.69, 9.17) is 5.11 Å². The molecule has 9 heteroatoms. The van der Waals surface area contributed by atoms with Gasteiger partial charge in [0.1, 0.15) is 12.2 Å². The predicted octanol–water partition coefficient (Wildman–Crippen LogP) is 3.90. The molecule has 0 spiro atoms. The number of benzene rings is 1. The third-order valence-electron chi connectivity index (χ3n) is 7.10. The molecule has 0 unspecified atom stereocenters. The molecule has 38 heavy (non-hydrogen) atoms. The molecule has 3 rings (SSSR count). The lowest BCUT2D eigenvalue weighted by Gasteiger charge is -2.28. The number of rotatable bonds is 13. The van der Waals surface area contributed by atoms with E-state index in [1.54, 1.807) is 27.8 Å². The van der Waals surface area contributed by atoms with E-state index >= 15 is 0 Å². The molecule has 1 aromatic heterocycles. The number of carbonyl (C=O) groups excluding carboxylic acids is 3. The number of carboxylic acid groups (broad SMARTS) is 1. The van der Waals surface area contributed by atoms with E-state index in [2.05, 4.69) is 10.6 Å². The topological polar surface area (TPSA) is 121 Å². The van der Waals surface area contributed by atoms with Crippen LogP contribution in [0.2, 0.25) is 0 Å². The van der Waals surface area contributed by atoms with Crippen molar-refractivity contribution in [2.75, 3.05) is 18.0 Å². The number of anilines is 1. The molecule has 0 radical (unpaired) electrons. The average molecular weight is 525 g/mol. The summed E-state index contributed by atoms with van der Waals surface area (Å²) in [4.78, 5) is 50.9. The number of nitrogens with zero attached hydrogens (tertiary/aromatic N) is 2. The standard InChI is InChI=1S/C29H40N4O5/c1-3-33(24-10-7-9-21(2)19-24)26(34)20-32-18-8-11-25(32)29(38)31-23-15-13-22(14-16-23)28(37)30-17-6-4-5-12-27(35)36/h7-11,18-19,22-23H,3-6,12-17,20H2,1-2H3,(H,30,37)(H,31,38)(H,35,36)/t22-,23-. The lowest BCUT2D eigenvalue weighted by molar-refractivity contribution is -0.137. The Morgan fingerprint density at radius 1 is 1.03 bits per heavy atom. The van der Waals surface area contributed by atoms with Crippen LogP contribution < -0.4 is 15.5 Å². The van der Waals surface area contributed by atoms with E-state index in [0.29, 0.717) is 38.0 Å². The van der Waals surface area contributed by atoms with Crippen LogP contribution in [0.1, 0.15) is 74.3 Å². The van der Waals surface area contributed by atoms with Gasteiger partial charge in [0.2, 0.25) is 11.8 Å². The van der Waals surface area contributed by atoms with Crippen LogP contribution in [0, 0.1) is 12.8 Å². The summed E-state index contributed by atoms with van der Waals surface area (Å²) in [5.41, 5.74) is 2.37. The maximum Gasteiger partial charge on any atom is 0.303 e. The van der Waals surface area contributed by atoms with E-state index < -0.39 is 5.97 Å². The van der Waals surface area contributed by atoms with Gasteiger partial charge in [0.05, 0.1) is 0 Å². The van der Waals surface area contributed by atoms with Crippen LogP contribution in [0.4, 0.5) is 5.69 Å². The molecule has 1 aromatic carbocycles. The molecule has 0 atom stereocenters. The maximum atomic E-state index is 13.1. The van der Waals surface area contributed by atoms with Crippen molar-refractivity contribution in [2.24, 2.45) is 5.92 Å². The smallest absolute Gasteiger partial charge is 0.303 e. The predicted molar refractivity (Wildman–Crippen MR) is 146 cm³/mol. The summed E-state index contributed by atoms with van der Waals surface area (Å²) in [6.07, 6.45) is 6.94. The van der Waals surface area contributed by atoms with E-state index in [1.807, 2.05) is 38.1 Å². The van der Waals surface area contributed by atoms with Gasteiger partial charge in [0.25, 0.3) is 5.91 Å². The van der Waals surface area contributed by atoms with Gasteiger partial charge in [0.15, 0.2) is 0 Å². The Hall–Kier alpha value is -3.62. The van der Waals surface area contributed by atoms with Gasteiger partial charge in [-0.2, -0.15) is 0 Å². The lowest BCUT2D eigenvalue weighted by Crippen LogP contribution is -2.42. The third kappa shape index (κ3) is 8.46. The number of unbranched alkanes of at least 4 members (excludes halogenated alkanes) is 2. The molecule has 1 aliphatic carbocycles. The molecule has 9 nitrogen and oxygen atoms in total. The Morgan fingerprint density at radius 2 is 1.79 bits per heavy atom. The van der Waals surface area contributed by atoms with E-state index in [9.17, 15) is 19.2 Å². The molecular formula is C29H40N4O5. The number of aliphatic carboxylic acids is 1. The van der Waals surface area contributed by atoms with Crippen LogP contribution in [-0.2, 0) is 20.9 Å². The number of nitrogens with one attached hydrogen (secondary N) is 2. The first-order chi connectivity index (χ1) is 18.3. The van der Waals surface area contributed by atoms with Crippen LogP contribution in [0.3, 0.4) is 0 Å². The first-order valence-corrected chi connectivity index (χ1v) is 13.6. The van der Waals surface area contributed by atoms with Gasteiger partial charge in [0, 0.05) is 43.4 Å². The molecule has 1 saturated carbocycles. The summed E-state index contributed by atoms with van der Waals surface area (Å²) >= 11 is 0. The second-order valence-electron chi connectivity index (χ2n) is 10.0. The SMILES string of the molecule is CCN(C(=O)Cn1cccc1C(=O)N[C@H]1CC[C@H](C(=O)NCCCCCC(=O)O)CC1)c1cccc(C)c1. The van der Waals surface area contributed by atoms with Gasteiger partial charge in [-0.3, -0.25) is 19.2 Å². The minimum Gasteiger partial charge on any atom is -0.481 e. The van der Waals surface area contributed by atoms with Gasteiger partial charge >= 0.3 is 5.97 Å². The average Bonchev–Trinajstić information content (AvgIpc) is 3.35. The number of amides is 3. The van der Waals surface area contributed by atoms with Gasteiger partial charge in [-0.25, -0.2) is 0 Å². The van der Waals surface area contributed by atoms with Gasteiger partial charge < -0.3 is 25.2 Å².